The second-order valence-corrected chi connectivity index (χ2v) is 5.91. The Morgan fingerprint density at radius 1 is 1.25 bits per heavy atom. The van der Waals surface area contributed by atoms with Gasteiger partial charge in [0.25, 0.3) is 5.91 Å². The van der Waals surface area contributed by atoms with Gasteiger partial charge >= 0.3 is 0 Å². The summed E-state index contributed by atoms with van der Waals surface area (Å²) < 4.78 is 0. The van der Waals surface area contributed by atoms with E-state index in [-0.39, 0.29) is 11.6 Å². The van der Waals surface area contributed by atoms with Gasteiger partial charge in [0.1, 0.15) is 5.66 Å². The van der Waals surface area contributed by atoms with E-state index >= 15 is 0 Å². The number of carbonyl (C=O) groups excluding carboxylic acids is 1. The Morgan fingerprint density at radius 3 is 2.65 bits per heavy atom. The number of likely N-dealkylation sites (tertiary alicyclic amines) is 1. The molecule has 1 N–H and O–H groups in total. The van der Waals surface area contributed by atoms with Crippen molar-refractivity contribution in [3.05, 3.63) is 29.8 Å². The average molecular weight is 273 g/mol. The number of fused-ring (bicyclic) bond motifs is 1. The molecule has 0 radical (unpaired) electrons. The minimum atomic E-state index is -0.199. The van der Waals surface area contributed by atoms with Crippen LogP contribution in [0, 0.1) is 0 Å². The fourth-order valence-corrected chi connectivity index (χ4v) is 3.41. The van der Waals surface area contributed by atoms with Crippen LogP contribution in [0.4, 0.5) is 5.69 Å². The Bertz CT molecular complexity index is 506. The number of amides is 1. The van der Waals surface area contributed by atoms with Crippen LogP contribution in [0.1, 0.15) is 36.5 Å². The molecule has 1 aromatic rings. The van der Waals surface area contributed by atoms with Crippen LogP contribution < -0.4 is 5.32 Å². The third-order valence-electron chi connectivity index (χ3n) is 4.69. The van der Waals surface area contributed by atoms with E-state index < -0.39 is 0 Å². The predicted octanol–water partition coefficient (Wildman–Crippen LogP) is 2.39. The summed E-state index contributed by atoms with van der Waals surface area (Å²) in [6.45, 7) is 5.49. The predicted molar refractivity (Wildman–Crippen MR) is 80.9 cm³/mol. The third-order valence-corrected chi connectivity index (χ3v) is 4.69. The summed E-state index contributed by atoms with van der Waals surface area (Å²) in [6.07, 6.45) is 3.17. The van der Waals surface area contributed by atoms with E-state index in [0.29, 0.717) is 0 Å². The zero-order chi connectivity index (χ0) is 14.2. The number of piperidine rings is 1. The molecule has 0 atom stereocenters. The maximum atomic E-state index is 12.6. The normalized spacial score (nSPS) is 21.7. The highest BCUT2D eigenvalue weighted by Crippen LogP contribution is 2.36. The van der Waals surface area contributed by atoms with Crippen molar-refractivity contribution in [1.29, 1.82) is 0 Å². The number of carbonyl (C=O) groups is 1. The fourth-order valence-electron chi connectivity index (χ4n) is 3.41. The Labute approximate surface area is 120 Å². The second kappa shape index (κ2) is 5.09. The number of rotatable bonds is 2. The van der Waals surface area contributed by atoms with Crippen LogP contribution in [0.3, 0.4) is 0 Å². The Kier molecular flexibility index (Phi) is 3.42. The van der Waals surface area contributed by atoms with Crippen LogP contribution in [-0.4, -0.2) is 48.1 Å². The van der Waals surface area contributed by atoms with Gasteiger partial charge in [-0.2, -0.15) is 0 Å². The summed E-state index contributed by atoms with van der Waals surface area (Å²) in [5.41, 5.74) is 1.58. The van der Waals surface area contributed by atoms with Gasteiger partial charge in [0.15, 0.2) is 0 Å². The van der Waals surface area contributed by atoms with Crippen molar-refractivity contribution in [1.82, 2.24) is 9.80 Å². The van der Waals surface area contributed by atoms with Gasteiger partial charge in [0.2, 0.25) is 0 Å². The van der Waals surface area contributed by atoms with E-state index in [9.17, 15) is 4.79 Å². The minimum Gasteiger partial charge on any atom is -0.362 e. The van der Waals surface area contributed by atoms with Crippen molar-refractivity contribution in [3.63, 3.8) is 0 Å². The monoisotopic (exact) mass is 273 g/mol. The van der Waals surface area contributed by atoms with Gasteiger partial charge in [-0.05, 0) is 25.1 Å². The Hall–Kier alpha value is -1.55. The van der Waals surface area contributed by atoms with E-state index in [1.54, 1.807) is 0 Å². The third kappa shape index (κ3) is 2.08. The van der Waals surface area contributed by atoms with Crippen LogP contribution in [0.25, 0.3) is 0 Å². The summed E-state index contributed by atoms with van der Waals surface area (Å²) in [4.78, 5) is 17.0. The van der Waals surface area contributed by atoms with Crippen LogP contribution in [0.5, 0.6) is 0 Å². The van der Waals surface area contributed by atoms with Gasteiger partial charge in [0, 0.05) is 38.7 Å². The summed E-state index contributed by atoms with van der Waals surface area (Å²) in [6, 6.07) is 7.83. The molecule has 1 saturated heterocycles. The molecule has 0 bridgehead atoms. The number of anilines is 1. The van der Waals surface area contributed by atoms with E-state index in [4.69, 9.17) is 0 Å². The summed E-state index contributed by atoms with van der Waals surface area (Å²) in [7, 11) is 1.93. The molecule has 20 heavy (non-hydrogen) atoms. The van der Waals surface area contributed by atoms with Crippen molar-refractivity contribution in [2.75, 3.05) is 32.0 Å². The molecular weight excluding hydrogens is 250 g/mol. The molecule has 4 nitrogen and oxygen atoms in total. The maximum Gasteiger partial charge on any atom is 0.257 e. The van der Waals surface area contributed by atoms with Gasteiger partial charge in [-0.15, -0.1) is 0 Å². The number of nitrogens with one attached hydrogen (secondary N) is 1. The largest absolute Gasteiger partial charge is 0.362 e. The molecule has 0 aromatic heterocycles. The Morgan fingerprint density at radius 2 is 1.95 bits per heavy atom. The molecule has 3 rings (SSSR count). The highest BCUT2D eigenvalue weighted by Gasteiger charge is 2.44. The molecule has 108 valence electrons. The lowest BCUT2D eigenvalue weighted by molar-refractivity contribution is 0.0375. The first-order chi connectivity index (χ1) is 9.66. The minimum absolute atomic E-state index is 0.142. The van der Waals surface area contributed by atoms with Crippen molar-refractivity contribution in [2.24, 2.45) is 0 Å². The van der Waals surface area contributed by atoms with Crippen molar-refractivity contribution in [2.45, 2.75) is 31.8 Å². The first-order valence-corrected chi connectivity index (χ1v) is 7.54. The highest BCUT2D eigenvalue weighted by atomic mass is 16.2. The van der Waals surface area contributed by atoms with Crippen molar-refractivity contribution < 1.29 is 4.79 Å². The standard InChI is InChI=1S/C16H23N3O/c1-3-10-19-11-8-16(9-12-19)17-14-7-5-4-6-13(14)15(20)18(16)2/h4-7,17H,3,8-12H2,1-2H3. The van der Waals surface area contributed by atoms with E-state index in [1.807, 2.05) is 36.2 Å². The number of benzene rings is 1. The molecule has 1 fully saturated rings. The van der Waals surface area contributed by atoms with Crippen molar-refractivity contribution in [3.8, 4) is 0 Å². The quantitative estimate of drug-likeness (QED) is 0.898. The van der Waals surface area contributed by atoms with E-state index in [0.717, 1.165) is 43.7 Å². The van der Waals surface area contributed by atoms with Gasteiger partial charge in [-0.1, -0.05) is 19.1 Å². The second-order valence-electron chi connectivity index (χ2n) is 5.91. The Balaban J connectivity index is 1.84. The van der Waals surface area contributed by atoms with Gasteiger partial charge < -0.3 is 15.1 Å². The molecule has 1 amide bonds. The first-order valence-electron chi connectivity index (χ1n) is 7.54. The van der Waals surface area contributed by atoms with Crippen LogP contribution in [0.2, 0.25) is 0 Å². The number of nitrogens with zero attached hydrogens (tertiary/aromatic N) is 2. The molecule has 0 aliphatic carbocycles. The molecule has 2 aliphatic rings. The lowest BCUT2D eigenvalue weighted by atomic mass is 9.90. The summed E-state index contributed by atoms with van der Waals surface area (Å²) in [5.74, 6) is 0.142. The molecule has 0 saturated carbocycles. The smallest absolute Gasteiger partial charge is 0.257 e. The molecule has 1 aromatic carbocycles. The molecule has 2 aliphatic heterocycles. The van der Waals surface area contributed by atoms with Crippen LogP contribution >= 0.6 is 0 Å². The summed E-state index contributed by atoms with van der Waals surface area (Å²) in [5, 5.41) is 3.63. The maximum absolute atomic E-state index is 12.6. The fraction of sp³-hybridized carbons (Fsp3) is 0.562. The van der Waals surface area contributed by atoms with E-state index in [2.05, 4.69) is 17.1 Å². The topological polar surface area (TPSA) is 35.6 Å². The SMILES string of the molecule is CCCN1CCC2(CC1)Nc1ccccc1C(=O)N2C. The van der Waals surface area contributed by atoms with Gasteiger partial charge in [0.05, 0.1) is 5.56 Å². The summed E-state index contributed by atoms with van der Waals surface area (Å²) >= 11 is 0. The highest BCUT2D eigenvalue weighted by molar-refractivity contribution is 6.02. The van der Waals surface area contributed by atoms with Gasteiger partial charge in [-0.3, -0.25) is 4.79 Å². The molecule has 4 heteroatoms. The molecule has 2 heterocycles. The molecule has 1 spiro atoms. The van der Waals surface area contributed by atoms with Crippen LogP contribution in [0.15, 0.2) is 24.3 Å². The van der Waals surface area contributed by atoms with Crippen molar-refractivity contribution >= 4 is 11.6 Å². The molecular formula is C16H23N3O. The average Bonchev–Trinajstić information content (AvgIpc) is 2.48. The molecule has 0 unspecified atom stereocenters. The first kappa shape index (κ1) is 13.4. The van der Waals surface area contributed by atoms with E-state index in [1.165, 1.54) is 6.42 Å². The zero-order valence-electron chi connectivity index (χ0n) is 12.4. The number of hydrogen-bond donors (Lipinski definition) is 1. The van der Waals surface area contributed by atoms with Gasteiger partial charge in [-0.25, -0.2) is 0 Å². The number of hydrogen-bond acceptors (Lipinski definition) is 3. The lowest BCUT2D eigenvalue weighted by Crippen LogP contribution is -2.62. The number of para-hydroxylation sites is 1. The van der Waals surface area contributed by atoms with Crippen LogP contribution in [-0.2, 0) is 0 Å². The lowest BCUT2D eigenvalue weighted by Gasteiger charge is -2.51. The zero-order valence-corrected chi connectivity index (χ0v) is 12.4.